The van der Waals surface area contributed by atoms with Crippen molar-refractivity contribution in [1.29, 1.82) is 0 Å². The minimum Gasteiger partial charge on any atom is -0.354 e. The lowest BCUT2D eigenvalue weighted by Gasteiger charge is -2.27. The highest BCUT2D eigenvalue weighted by molar-refractivity contribution is 6.38. The van der Waals surface area contributed by atoms with Gasteiger partial charge in [-0.05, 0) is 42.0 Å². The lowest BCUT2D eigenvalue weighted by atomic mass is 10.00. The highest BCUT2D eigenvalue weighted by Gasteiger charge is 2.28. The number of carbonyl (C=O) groups is 2. The molecular weight excluding hydrogens is 436 g/mol. The molecule has 0 aromatic heterocycles. The maximum absolute atomic E-state index is 13.0. The van der Waals surface area contributed by atoms with Crippen molar-refractivity contribution in [3.8, 4) is 0 Å². The Labute approximate surface area is 197 Å². The molecule has 3 aromatic carbocycles. The van der Waals surface area contributed by atoms with E-state index in [0.717, 1.165) is 29.9 Å². The fourth-order valence-electron chi connectivity index (χ4n) is 4.17. The Morgan fingerprint density at radius 3 is 2.36 bits per heavy atom. The maximum atomic E-state index is 13.0. The van der Waals surface area contributed by atoms with Crippen LogP contribution < -0.4 is 16.0 Å². The Balaban J connectivity index is 1.49. The molecule has 6 nitrogen and oxygen atoms in total. The molecule has 0 saturated carbocycles. The van der Waals surface area contributed by atoms with E-state index in [1.54, 1.807) is 12.1 Å². The number of hydrogen-bond acceptors (Lipinski definition) is 4. The second kappa shape index (κ2) is 9.10. The summed E-state index contributed by atoms with van der Waals surface area (Å²) in [6, 6.07) is 22.5. The third kappa shape index (κ3) is 4.35. The van der Waals surface area contributed by atoms with Crippen LogP contribution in [-0.4, -0.2) is 42.9 Å². The topological polar surface area (TPSA) is 73.5 Å². The Hall–Kier alpha value is -3.61. The summed E-state index contributed by atoms with van der Waals surface area (Å²) >= 11 is 6.12. The first-order valence-electron chi connectivity index (χ1n) is 10.9. The van der Waals surface area contributed by atoms with Crippen molar-refractivity contribution in [3.63, 3.8) is 0 Å². The van der Waals surface area contributed by atoms with Crippen LogP contribution in [-0.2, 0) is 4.79 Å². The summed E-state index contributed by atoms with van der Waals surface area (Å²) in [4.78, 5) is 27.6. The molecule has 3 N–H and O–H groups in total. The second-order valence-corrected chi connectivity index (χ2v) is 8.44. The number of halogens is 1. The van der Waals surface area contributed by atoms with Gasteiger partial charge in [-0.25, -0.2) is 0 Å². The van der Waals surface area contributed by atoms with E-state index in [0.29, 0.717) is 40.6 Å². The molecule has 0 spiro atoms. The molecule has 166 valence electrons. The van der Waals surface area contributed by atoms with Crippen LogP contribution >= 0.6 is 11.6 Å². The SMILES string of the molecule is O=C1Nc2cc(Cl)ccc2/C1=C(/Nc1ccc(C(=O)N2CCNCC2)cc1)c1ccccc1. The van der Waals surface area contributed by atoms with Gasteiger partial charge in [-0.2, -0.15) is 0 Å². The first-order chi connectivity index (χ1) is 16.1. The zero-order valence-corrected chi connectivity index (χ0v) is 18.7. The number of benzene rings is 3. The Kier molecular flexibility index (Phi) is 5.86. The Morgan fingerprint density at radius 2 is 1.64 bits per heavy atom. The van der Waals surface area contributed by atoms with E-state index in [2.05, 4.69) is 16.0 Å². The van der Waals surface area contributed by atoms with Crippen LogP contribution in [0.1, 0.15) is 21.5 Å². The fourth-order valence-corrected chi connectivity index (χ4v) is 4.34. The average Bonchev–Trinajstić information content (AvgIpc) is 3.18. The number of hydrogen-bond donors (Lipinski definition) is 3. The van der Waals surface area contributed by atoms with Gasteiger partial charge < -0.3 is 20.9 Å². The van der Waals surface area contributed by atoms with Crippen molar-refractivity contribution in [2.24, 2.45) is 0 Å². The molecule has 33 heavy (non-hydrogen) atoms. The van der Waals surface area contributed by atoms with Gasteiger partial charge in [0.2, 0.25) is 0 Å². The highest BCUT2D eigenvalue weighted by atomic mass is 35.5. The summed E-state index contributed by atoms with van der Waals surface area (Å²) in [6.45, 7) is 3.05. The number of rotatable bonds is 4. The molecule has 0 unspecified atom stereocenters. The van der Waals surface area contributed by atoms with Crippen LogP contribution in [0, 0.1) is 0 Å². The van der Waals surface area contributed by atoms with Crippen LogP contribution in [0.15, 0.2) is 72.8 Å². The zero-order chi connectivity index (χ0) is 22.8. The number of piperazine rings is 1. The lowest BCUT2D eigenvalue weighted by molar-refractivity contribution is -0.110. The second-order valence-electron chi connectivity index (χ2n) is 8.00. The number of amides is 2. The molecule has 0 bridgehead atoms. The fraction of sp³-hybridized carbons (Fsp3) is 0.154. The van der Waals surface area contributed by atoms with Crippen molar-refractivity contribution in [2.75, 3.05) is 36.8 Å². The van der Waals surface area contributed by atoms with Gasteiger partial charge in [-0.3, -0.25) is 9.59 Å². The number of carbonyl (C=O) groups excluding carboxylic acids is 2. The summed E-state index contributed by atoms with van der Waals surface area (Å²) in [7, 11) is 0. The Morgan fingerprint density at radius 1 is 0.909 bits per heavy atom. The first kappa shape index (κ1) is 21.2. The van der Waals surface area contributed by atoms with Crippen molar-refractivity contribution in [3.05, 3.63) is 94.5 Å². The number of nitrogens with zero attached hydrogens (tertiary/aromatic N) is 1. The summed E-state index contributed by atoms with van der Waals surface area (Å²) in [6.07, 6.45) is 0. The molecule has 7 heteroatoms. The molecule has 2 heterocycles. The van der Waals surface area contributed by atoms with Gasteiger partial charge in [0.25, 0.3) is 11.8 Å². The van der Waals surface area contributed by atoms with Gasteiger partial charge in [0.1, 0.15) is 0 Å². The van der Waals surface area contributed by atoms with Crippen LogP contribution in [0.5, 0.6) is 0 Å². The minimum atomic E-state index is -0.191. The quantitative estimate of drug-likeness (QED) is 0.509. The first-order valence-corrected chi connectivity index (χ1v) is 11.3. The van der Waals surface area contributed by atoms with Crippen molar-refractivity contribution in [2.45, 2.75) is 0 Å². The van der Waals surface area contributed by atoms with Gasteiger partial charge in [-0.15, -0.1) is 0 Å². The van der Waals surface area contributed by atoms with Crippen LogP contribution in [0.4, 0.5) is 11.4 Å². The van der Waals surface area contributed by atoms with Crippen LogP contribution in [0.25, 0.3) is 11.3 Å². The van der Waals surface area contributed by atoms with Crippen molar-refractivity contribution >= 4 is 46.1 Å². The lowest BCUT2D eigenvalue weighted by Crippen LogP contribution is -2.46. The highest BCUT2D eigenvalue weighted by Crippen LogP contribution is 2.38. The van der Waals surface area contributed by atoms with Crippen molar-refractivity contribution < 1.29 is 9.59 Å². The molecule has 1 fully saturated rings. The normalized spacial score (nSPS) is 16.8. The Bertz CT molecular complexity index is 1230. The summed E-state index contributed by atoms with van der Waals surface area (Å²) in [5.74, 6) is -0.158. The predicted molar refractivity (Wildman–Crippen MR) is 132 cm³/mol. The third-order valence-electron chi connectivity index (χ3n) is 5.84. The van der Waals surface area contributed by atoms with E-state index < -0.39 is 0 Å². The molecule has 5 rings (SSSR count). The van der Waals surface area contributed by atoms with E-state index in [1.807, 2.05) is 65.6 Å². The van der Waals surface area contributed by atoms with E-state index in [1.165, 1.54) is 0 Å². The summed E-state index contributed by atoms with van der Waals surface area (Å²) in [5.41, 5.74) is 5.04. The molecule has 2 amide bonds. The molecule has 0 radical (unpaired) electrons. The number of nitrogens with one attached hydrogen (secondary N) is 3. The minimum absolute atomic E-state index is 0.0330. The molecule has 3 aromatic rings. The largest absolute Gasteiger partial charge is 0.354 e. The summed E-state index contributed by atoms with van der Waals surface area (Å²) < 4.78 is 0. The average molecular weight is 459 g/mol. The molecule has 1 saturated heterocycles. The molecule has 2 aliphatic heterocycles. The summed E-state index contributed by atoms with van der Waals surface area (Å²) in [5, 5.41) is 10.2. The molecule has 2 aliphatic rings. The zero-order valence-electron chi connectivity index (χ0n) is 17.9. The van der Waals surface area contributed by atoms with Gasteiger partial charge in [-0.1, -0.05) is 48.0 Å². The molecular formula is C26H23ClN4O2. The number of fused-ring (bicyclic) bond motifs is 1. The van der Waals surface area contributed by atoms with Gasteiger partial charge in [0.15, 0.2) is 0 Å². The molecule has 0 aliphatic carbocycles. The third-order valence-corrected chi connectivity index (χ3v) is 6.08. The smallest absolute Gasteiger partial charge is 0.258 e. The van der Waals surface area contributed by atoms with E-state index in [4.69, 9.17) is 11.6 Å². The standard InChI is InChI=1S/C26H23ClN4O2/c27-19-8-11-21-22(16-19)30-25(32)23(21)24(17-4-2-1-3-5-17)29-20-9-6-18(7-10-20)26(33)31-14-12-28-13-15-31/h1-11,16,28-29H,12-15H2,(H,30,32)/b24-23-. The van der Waals surface area contributed by atoms with E-state index in [-0.39, 0.29) is 11.8 Å². The monoisotopic (exact) mass is 458 g/mol. The van der Waals surface area contributed by atoms with E-state index >= 15 is 0 Å². The number of anilines is 2. The van der Waals surface area contributed by atoms with Crippen LogP contribution in [0.2, 0.25) is 5.02 Å². The van der Waals surface area contributed by atoms with Gasteiger partial charge in [0, 0.05) is 48.0 Å². The van der Waals surface area contributed by atoms with E-state index in [9.17, 15) is 9.59 Å². The van der Waals surface area contributed by atoms with Crippen LogP contribution in [0.3, 0.4) is 0 Å². The molecule has 0 atom stereocenters. The van der Waals surface area contributed by atoms with Gasteiger partial charge in [0.05, 0.1) is 17.0 Å². The van der Waals surface area contributed by atoms with Gasteiger partial charge >= 0.3 is 0 Å². The predicted octanol–water partition coefficient (Wildman–Crippen LogP) is 4.32. The van der Waals surface area contributed by atoms with Crippen molar-refractivity contribution in [1.82, 2.24) is 10.2 Å². The maximum Gasteiger partial charge on any atom is 0.258 e.